The van der Waals surface area contributed by atoms with Crippen molar-refractivity contribution in [2.45, 2.75) is 13.5 Å². The highest BCUT2D eigenvalue weighted by Crippen LogP contribution is 2.29. The molecule has 1 heterocycles. The van der Waals surface area contributed by atoms with Gasteiger partial charge < -0.3 is 9.15 Å². The van der Waals surface area contributed by atoms with Crippen molar-refractivity contribution >= 4 is 22.6 Å². The molecule has 0 saturated carbocycles. The van der Waals surface area contributed by atoms with Gasteiger partial charge in [0.05, 0.1) is 5.56 Å². The van der Waals surface area contributed by atoms with Gasteiger partial charge in [0.25, 0.3) is 0 Å². The molecular weight excluding hydrogens is 360 g/mol. The van der Waals surface area contributed by atoms with E-state index in [2.05, 4.69) is 0 Å². The van der Waals surface area contributed by atoms with Gasteiger partial charge in [-0.1, -0.05) is 54.1 Å². The van der Waals surface area contributed by atoms with Gasteiger partial charge in [-0.05, 0) is 53.9 Å². The van der Waals surface area contributed by atoms with Crippen molar-refractivity contribution in [3.63, 3.8) is 0 Å². The first-order valence-electron chi connectivity index (χ1n) is 8.62. The molecule has 0 amide bonds. The zero-order chi connectivity index (χ0) is 18.8. The quantitative estimate of drug-likeness (QED) is 0.410. The standard InChI is InChI=1S/C23H17ClO3/c1-15-20-13-19(26-14-16-7-9-18(24)10-8-16)11-12-21(20)27-23(25)22(15)17-5-3-2-4-6-17/h2-13H,14H2,1H3. The minimum Gasteiger partial charge on any atom is -0.489 e. The number of halogens is 1. The molecule has 3 aromatic carbocycles. The average Bonchev–Trinajstić information content (AvgIpc) is 2.69. The lowest BCUT2D eigenvalue weighted by Gasteiger charge is -2.11. The molecule has 0 aliphatic rings. The first kappa shape index (κ1) is 17.4. The summed E-state index contributed by atoms with van der Waals surface area (Å²) < 4.78 is 11.4. The van der Waals surface area contributed by atoms with E-state index in [4.69, 9.17) is 20.8 Å². The number of hydrogen-bond acceptors (Lipinski definition) is 3. The third-order valence-corrected chi connectivity index (χ3v) is 4.77. The van der Waals surface area contributed by atoms with Gasteiger partial charge in [-0.25, -0.2) is 4.79 Å². The van der Waals surface area contributed by atoms with E-state index >= 15 is 0 Å². The van der Waals surface area contributed by atoms with Gasteiger partial charge in [-0.2, -0.15) is 0 Å². The predicted octanol–water partition coefficient (Wildman–Crippen LogP) is 6.00. The Kier molecular flexibility index (Phi) is 4.69. The number of hydrogen-bond donors (Lipinski definition) is 0. The minimum atomic E-state index is -0.332. The Morgan fingerprint density at radius 3 is 2.44 bits per heavy atom. The Labute approximate surface area is 161 Å². The summed E-state index contributed by atoms with van der Waals surface area (Å²) in [5.41, 5.74) is 3.55. The molecule has 27 heavy (non-hydrogen) atoms. The number of aryl methyl sites for hydroxylation is 1. The molecule has 1 aromatic heterocycles. The van der Waals surface area contributed by atoms with E-state index in [9.17, 15) is 4.79 Å². The van der Waals surface area contributed by atoms with Crippen LogP contribution >= 0.6 is 11.6 Å². The van der Waals surface area contributed by atoms with Gasteiger partial charge >= 0.3 is 5.63 Å². The molecule has 0 spiro atoms. The fraction of sp³-hybridized carbons (Fsp3) is 0.0870. The van der Waals surface area contributed by atoms with Crippen LogP contribution in [0.25, 0.3) is 22.1 Å². The van der Waals surface area contributed by atoms with Crippen molar-refractivity contribution in [3.8, 4) is 16.9 Å². The fourth-order valence-corrected chi connectivity index (χ4v) is 3.23. The van der Waals surface area contributed by atoms with Crippen molar-refractivity contribution in [2.24, 2.45) is 0 Å². The SMILES string of the molecule is Cc1c(-c2ccccc2)c(=O)oc2ccc(OCc3ccc(Cl)cc3)cc12. The normalized spacial score (nSPS) is 10.9. The second kappa shape index (κ2) is 7.29. The van der Waals surface area contributed by atoms with Crippen molar-refractivity contribution in [1.29, 1.82) is 0 Å². The first-order valence-corrected chi connectivity index (χ1v) is 9.00. The van der Waals surface area contributed by atoms with Crippen LogP contribution in [0, 0.1) is 6.92 Å². The highest BCUT2D eigenvalue weighted by Gasteiger charge is 2.13. The topological polar surface area (TPSA) is 39.4 Å². The Bertz CT molecular complexity index is 1150. The second-order valence-electron chi connectivity index (χ2n) is 6.33. The smallest absolute Gasteiger partial charge is 0.344 e. The van der Waals surface area contributed by atoms with Crippen molar-refractivity contribution < 1.29 is 9.15 Å². The lowest BCUT2D eigenvalue weighted by atomic mass is 9.99. The molecule has 0 atom stereocenters. The maximum Gasteiger partial charge on any atom is 0.344 e. The largest absolute Gasteiger partial charge is 0.489 e. The van der Waals surface area contributed by atoms with E-state index in [1.165, 1.54) is 0 Å². The summed E-state index contributed by atoms with van der Waals surface area (Å²) in [5.74, 6) is 0.716. The van der Waals surface area contributed by atoms with Crippen LogP contribution in [-0.2, 0) is 6.61 Å². The number of ether oxygens (including phenoxy) is 1. The summed E-state index contributed by atoms with van der Waals surface area (Å²) in [5, 5.41) is 1.56. The minimum absolute atomic E-state index is 0.332. The number of rotatable bonds is 4. The first-order chi connectivity index (χ1) is 13.1. The Hall–Kier alpha value is -3.04. The molecule has 0 radical (unpaired) electrons. The molecule has 0 aliphatic carbocycles. The molecule has 0 bridgehead atoms. The highest BCUT2D eigenvalue weighted by atomic mass is 35.5. The molecule has 0 N–H and O–H groups in total. The monoisotopic (exact) mass is 376 g/mol. The second-order valence-corrected chi connectivity index (χ2v) is 6.77. The maximum atomic E-state index is 12.5. The summed E-state index contributed by atoms with van der Waals surface area (Å²) in [6, 6.07) is 22.6. The van der Waals surface area contributed by atoms with E-state index < -0.39 is 0 Å². The fourth-order valence-electron chi connectivity index (χ4n) is 3.11. The molecule has 4 heteroatoms. The summed E-state index contributed by atoms with van der Waals surface area (Å²) in [6.45, 7) is 2.37. The third-order valence-electron chi connectivity index (χ3n) is 4.52. The van der Waals surface area contributed by atoms with Gasteiger partial charge in [-0.3, -0.25) is 0 Å². The Balaban J connectivity index is 1.70. The maximum absolute atomic E-state index is 12.5. The Morgan fingerprint density at radius 1 is 0.963 bits per heavy atom. The van der Waals surface area contributed by atoms with Crippen LogP contribution in [0.3, 0.4) is 0 Å². The zero-order valence-electron chi connectivity index (χ0n) is 14.7. The summed E-state index contributed by atoms with van der Waals surface area (Å²) in [6.07, 6.45) is 0. The number of fused-ring (bicyclic) bond motifs is 1. The third kappa shape index (κ3) is 3.60. The molecule has 0 unspecified atom stereocenters. The van der Waals surface area contributed by atoms with Crippen LogP contribution in [0.5, 0.6) is 5.75 Å². The van der Waals surface area contributed by atoms with Crippen LogP contribution in [0.1, 0.15) is 11.1 Å². The van der Waals surface area contributed by atoms with E-state index in [0.717, 1.165) is 22.1 Å². The van der Waals surface area contributed by atoms with Crippen LogP contribution in [0.2, 0.25) is 5.02 Å². The summed E-state index contributed by atoms with van der Waals surface area (Å²) >= 11 is 5.91. The average molecular weight is 377 g/mol. The zero-order valence-corrected chi connectivity index (χ0v) is 15.5. The molecular formula is C23H17ClO3. The molecule has 0 aliphatic heterocycles. The van der Waals surface area contributed by atoms with Crippen LogP contribution in [0.15, 0.2) is 82.0 Å². The lowest BCUT2D eigenvalue weighted by Crippen LogP contribution is -2.06. The van der Waals surface area contributed by atoms with Crippen LogP contribution < -0.4 is 10.4 Å². The van der Waals surface area contributed by atoms with Gasteiger partial charge in [0.15, 0.2) is 0 Å². The van der Waals surface area contributed by atoms with Crippen molar-refractivity contribution in [3.05, 3.63) is 99.4 Å². The highest BCUT2D eigenvalue weighted by molar-refractivity contribution is 6.30. The Morgan fingerprint density at radius 2 is 1.70 bits per heavy atom. The summed E-state index contributed by atoms with van der Waals surface area (Å²) in [7, 11) is 0. The van der Waals surface area contributed by atoms with E-state index in [1.807, 2.05) is 73.7 Å². The van der Waals surface area contributed by atoms with E-state index in [1.54, 1.807) is 6.07 Å². The lowest BCUT2D eigenvalue weighted by molar-refractivity contribution is 0.306. The summed E-state index contributed by atoms with van der Waals surface area (Å²) in [4.78, 5) is 12.5. The van der Waals surface area contributed by atoms with Crippen LogP contribution in [0.4, 0.5) is 0 Å². The van der Waals surface area contributed by atoms with Crippen molar-refractivity contribution in [2.75, 3.05) is 0 Å². The molecule has 0 saturated heterocycles. The molecule has 4 rings (SSSR count). The van der Waals surface area contributed by atoms with Crippen molar-refractivity contribution in [1.82, 2.24) is 0 Å². The molecule has 4 aromatic rings. The van der Waals surface area contributed by atoms with Gasteiger partial charge in [-0.15, -0.1) is 0 Å². The van der Waals surface area contributed by atoms with Gasteiger partial charge in [0.2, 0.25) is 0 Å². The van der Waals surface area contributed by atoms with Crippen LogP contribution in [-0.4, -0.2) is 0 Å². The van der Waals surface area contributed by atoms with E-state index in [-0.39, 0.29) is 5.63 Å². The predicted molar refractivity (Wildman–Crippen MR) is 108 cm³/mol. The van der Waals surface area contributed by atoms with Gasteiger partial charge in [0.1, 0.15) is 17.9 Å². The number of benzene rings is 3. The molecule has 3 nitrogen and oxygen atoms in total. The molecule has 134 valence electrons. The molecule has 0 fully saturated rings. The van der Waals surface area contributed by atoms with Gasteiger partial charge in [0, 0.05) is 10.4 Å². The van der Waals surface area contributed by atoms with E-state index in [0.29, 0.717) is 28.5 Å².